The van der Waals surface area contributed by atoms with E-state index in [1.807, 2.05) is 0 Å². The Morgan fingerprint density at radius 3 is 3.07 bits per heavy atom. The van der Waals surface area contributed by atoms with Crippen LogP contribution in [-0.2, 0) is 11.3 Å². The van der Waals surface area contributed by atoms with Gasteiger partial charge in [0, 0.05) is 7.11 Å². The van der Waals surface area contributed by atoms with Gasteiger partial charge in [-0.1, -0.05) is 6.07 Å². The van der Waals surface area contributed by atoms with Crippen molar-refractivity contribution >= 4 is 11.0 Å². The SMILES string of the molecule is COCCn1c(=O)[nH]c2cccc(O)c21. The Bertz CT molecular complexity index is 527. The van der Waals surface area contributed by atoms with Crippen LogP contribution in [0.15, 0.2) is 23.0 Å². The van der Waals surface area contributed by atoms with Gasteiger partial charge in [0.1, 0.15) is 11.3 Å². The fourth-order valence-corrected chi connectivity index (χ4v) is 1.60. The van der Waals surface area contributed by atoms with E-state index in [0.717, 1.165) is 0 Å². The first-order valence-corrected chi connectivity index (χ1v) is 4.63. The fraction of sp³-hybridized carbons (Fsp3) is 0.300. The molecule has 0 radical (unpaired) electrons. The second-order valence-electron chi connectivity index (χ2n) is 3.25. The second kappa shape index (κ2) is 3.78. The number of aromatic amines is 1. The molecule has 0 aliphatic carbocycles. The monoisotopic (exact) mass is 208 g/mol. The van der Waals surface area contributed by atoms with Crippen LogP contribution in [0.4, 0.5) is 0 Å². The van der Waals surface area contributed by atoms with Crippen LogP contribution in [0.5, 0.6) is 5.75 Å². The smallest absolute Gasteiger partial charge is 0.326 e. The molecule has 2 N–H and O–H groups in total. The van der Waals surface area contributed by atoms with Crippen LogP contribution in [0.2, 0.25) is 0 Å². The van der Waals surface area contributed by atoms with Gasteiger partial charge in [-0.15, -0.1) is 0 Å². The lowest BCUT2D eigenvalue weighted by Crippen LogP contribution is -2.19. The highest BCUT2D eigenvalue weighted by Crippen LogP contribution is 2.21. The van der Waals surface area contributed by atoms with E-state index < -0.39 is 0 Å². The van der Waals surface area contributed by atoms with Crippen molar-refractivity contribution in [2.45, 2.75) is 6.54 Å². The summed E-state index contributed by atoms with van der Waals surface area (Å²) in [6.45, 7) is 0.855. The van der Waals surface area contributed by atoms with Gasteiger partial charge in [-0.25, -0.2) is 4.79 Å². The zero-order valence-corrected chi connectivity index (χ0v) is 8.36. The van der Waals surface area contributed by atoms with Gasteiger partial charge < -0.3 is 14.8 Å². The summed E-state index contributed by atoms with van der Waals surface area (Å²) in [5, 5.41) is 9.64. The van der Waals surface area contributed by atoms with Crippen molar-refractivity contribution in [2.24, 2.45) is 0 Å². The van der Waals surface area contributed by atoms with E-state index in [9.17, 15) is 9.90 Å². The Kier molecular flexibility index (Phi) is 2.47. The molecule has 5 nitrogen and oxygen atoms in total. The molecule has 15 heavy (non-hydrogen) atoms. The molecule has 0 bridgehead atoms. The summed E-state index contributed by atoms with van der Waals surface area (Å²) < 4.78 is 6.37. The molecule has 1 aromatic carbocycles. The van der Waals surface area contributed by atoms with Crippen LogP contribution in [0.25, 0.3) is 11.0 Å². The number of hydrogen-bond donors (Lipinski definition) is 2. The summed E-state index contributed by atoms with van der Waals surface area (Å²) in [6.07, 6.45) is 0. The van der Waals surface area contributed by atoms with Crippen molar-refractivity contribution in [3.05, 3.63) is 28.7 Å². The van der Waals surface area contributed by atoms with Gasteiger partial charge in [0.05, 0.1) is 18.7 Å². The highest BCUT2D eigenvalue weighted by atomic mass is 16.5. The van der Waals surface area contributed by atoms with Gasteiger partial charge in [-0.3, -0.25) is 4.57 Å². The first kappa shape index (κ1) is 9.79. The van der Waals surface area contributed by atoms with Crippen LogP contribution >= 0.6 is 0 Å². The number of benzene rings is 1. The standard InChI is InChI=1S/C10H12N2O3/c1-15-6-5-12-9-7(11-10(12)14)3-2-4-8(9)13/h2-4,13H,5-6H2,1H3,(H,11,14). The van der Waals surface area contributed by atoms with Gasteiger partial charge in [0.15, 0.2) is 0 Å². The Balaban J connectivity index is 2.61. The molecule has 0 unspecified atom stereocenters. The largest absolute Gasteiger partial charge is 0.506 e. The number of H-pyrrole nitrogens is 1. The second-order valence-corrected chi connectivity index (χ2v) is 3.25. The normalized spacial score (nSPS) is 11.0. The molecule has 0 fully saturated rings. The van der Waals surface area contributed by atoms with E-state index in [4.69, 9.17) is 4.74 Å². The lowest BCUT2D eigenvalue weighted by atomic mass is 10.3. The van der Waals surface area contributed by atoms with Crippen molar-refractivity contribution in [2.75, 3.05) is 13.7 Å². The molecular weight excluding hydrogens is 196 g/mol. The highest BCUT2D eigenvalue weighted by molar-refractivity contribution is 5.81. The van der Waals surface area contributed by atoms with Crippen LogP contribution in [0, 0.1) is 0 Å². The van der Waals surface area contributed by atoms with E-state index in [2.05, 4.69) is 4.98 Å². The van der Waals surface area contributed by atoms with E-state index >= 15 is 0 Å². The molecule has 0 spiro atoms. The van der Waals surface area contributed by atoms with Gasteiger partial charge in [0.2, 0.25) is 0 Å². The molecule has 0 amide bonds. The van der Waals surface area contributed by atoms with Crippen molar-refractivity contribution in [1.29, 1.82) is 0 Å². The van der Waals surface area contributed by atoms with Crippen molar-refractivity contribution in [3.8, 4) is 5.75 Å². The average molecular weight is 208 g/mol. The number of ether oxygens (including phenoxy) is 1. The van der Waals surface area contributed by atoms with E-state index in [1.54, 1.807) is 25.3 Å². The minimum atomic E-state index is -0.233. The summed E-state index contributed by atoms with van der Waals surface area (Å²) in [7, 11) is 1.57. The van der Waals surface area contributed by atoms with Gasteiger partial charge in [0.25, 0.3) is 0 Å². The predicted octanol–water partition coefficient (Wildman–Crippen LogP) is 0.682. The number of aromatic nitrogens is 2. The Labute approximate surface area is 85.9 Å². The van der Waals surface area contributed by atoms with E-state index in [1.165, 1.54) is 4.57 Å². The van der Waals surface area contributed by atoms with Crippen LogP contribution in [0.3, 0.4) is 0 Å². The van der Waals surface area contributed by atoms with Crippen LogP contribution in [0.1, 0.15) is 0 Å². The van der Waals surface area contributed by atoms with E-state index in [-0.39, 0.29) is 11.4 Å². The van der Waals surface area contributed by atoms with Crippen LogP contribution < -0.4 is 5.69 Å². The first-order valence-electron chi connectivity index (χ1n) is 4.63. The van der Waals surface area contributed by atoms with Crippen molar-refractivity contribution in [1.82, 2.24) is 9.55 Å². The number of nitrogens with zero attached hydrogens (tertiary/aromatic N) is 1. The minimum absolute atomic E-state index is 0.0990. The quantitative estimate of drug-likeness (QED) is 0.779. The van der Waals surface area contributed by atoms with Gasteiger partial charge in [-0.05, 0) is 12.1 Å². The third kappa shape index (κ3) is 1.61. The van der Waals surface area contributed by atoms with Crippen molar-refractivity contribution < 1.29 is 9.84 Å². The van der Waals surface area contributed by atoms with Crippen molar-refractivity contribution in [3.63, 3.8) is 0 Å². The molecule has 1 aromatic heterocycles. The average Bonchev–Trinajstić information content (AvgIpc) is 2.53. The number of phenolic OH excluding ortho intramolecular Hbond substituents is 1. The number of imidazole rings is 1. The lowest BCUT2D eigenvalue weighted by Gasteiger charge is -2.03. The summed E-state index contributed by atoms with van der Waals surface area (Å²) in [5.74, 6) is 0.0990. The highest BCUT2D eigenvalue weighted by Gasteiger charge is 2.09. The molecule has 0 aliphatic heterocycles. The number of para-hydroxylation sites is 1. The number of phenols is 1. The molecule has 0 saturated carbocycles. The van der Waals surface area contributed by atoms with Gasteiger partial charge in [-0.2, -0.15) is 0 Å². The Morgan fingerprint density at radius 2 is 2.33 bits per heavy atom. The number of fused-ring (bicyclic) bond motifs is 1. The summed E-state index contributed by atoms with van der Waals surface area (Å²) in [6, 6.07) is 4.99. The zero-order valence-electron chi connectivity index (χ0n) is 8.36. The Morgan fingerprint density at radius 1 is 1.53 bits per heavy atom. The Hall–Kier alpha value is -1.75. The predicted molar refractivity (Wildman–Crippen MR) is 56.1 cm³/mol. The molecule has 0 atom stereocenters. The van der Waals surface area contributed by atoms with Crippen LogP contribution in [-0.4, -0.2) is 28.4 Å². The minimum Gasteiger partial charge on any atom is -0.506 e. The summed E-state index contributed by atoms with van der Waals surface area (Å²) >= 11 is 0. The number of nitrogens with one attached hydrogen (secondary N) is 1. The maximum atomic E-state index is 11.5. The number of hydrogen-bond acceptors (Lipinski definition) is 3. The summed E-state index contributed by atoms with van der Waals surface area (Å²) in [5.41, 5.74) is 0.930. The number of aromatic hydroxyl groups is 1. The third-order valence-electron chi connectivity index (χ3n) is 2.29. The first-order chi connectivity index (χ1) is 7.24. The molecule has 5 heteroatoms. The molecule has 0 aliphatic rings. The van der Waals surface area contributed by atoms with E-state index in [0.29, 0.717) is 24.2 Å². The maximum absolute atomic E-state index is 11.5. The molecule has 80 valence electrons. The molecule has 2 aromatic rings. The number of rotatable bonds is 3. The maximum Gasteiger partial charge on any atom is 0.326 e. The fourth-order valence-electron chi connectivity index (χ4n) is 1.60. The van der Waals surface area contributed by atoms with Gasteiger partial charge >= 0.3 is 5.69 Å². The molecule has 2 rings (SSSR count). The summed E-state index contributed by atoms with van der Waals surface area (Å²) in [4.78, 5) is 14.2. The zero-order chi connectivity index (χ0) is 10.8. The lowest BCUT2D eigenvalue weighted by molar-refractivity contribution is 0.187. The number of methoxy groups -OCH3 is 1. The molecular formula is C10H12N2O3. The topological polar surface area (TPSA) is 67.2 Å². The third-order valence-corrected chi connectivity index (χ3v) is 2.29. The molecule has 0 saturated heterocycles. The molecule has 1 heterocycles.